The SMILES string of the molecule is CC(C)CO[C@@H]1CCN(C(=O)[C@H]2CCC[C@H]2N)C1. The number of carbonyl (C=O) groups excluding carboxylic acids is 1. The summed E-state index contributed by atoms with van der Waals surface area (Å²) in [5.41, 5.74) is 6.00. The Morgan fingerprint density at radius 2 is 2.17 bits per heavy atom. The summed E-state index contributed by atoms with van der Waals surface area (Å²) in [6.07, 6.45) is 4.26. The van der Waals surface area contributed by atoms with E-state index in [1.54, 1.807) is 0 Å². The maximum absolute atomic E-state index is 12.3. The first-order valence-corrected chi connectivity index (χ1v) is 7.24. The molecule has 18 heavy (non-hydrogen) atoms. The highest BCUT2D eigenvalue weighted by Gasteiger charge is 2.36. The molecular weight excluding hydrogens is 228 g/mol. The van der Waals surface area contributed by atoms with Crippen LogP contribution in [0.1, 0.15) is 39.5 Å². The van der Waals surface area contributed by atoms with Crippen LogP contribution in [-0.2, 0) is 9.53 Å². The molecule has 0 radical (unpaired) electrons. The van der Waals surface area contributed by atoms with Gasteiger partial charge in [0.1, 0.15) is 0 Å². The van der Waals surface area contributed by atoms with E-state index in [0.29, 0.717) is 5.92 Å². The molecule has 2 N–H and O–H groups in total. The molecule has 3 atom stereocenters. The maximum Gasteiger partial charge on any atom is 0.227 e. The molecule has 4 nitrogen and oxygen atoms in total. The molecule has 1 heterocycles. The summed E-state index contributed by atoms with van der Waals surface area (Å²) in [7, 11) is 0. The number of likely N-dealkylation sites (tertiary alicyclic amines) is 1. The zero-order valence-electron chi connectivity index (χ0n) is 11.6. The lowest BCUT2D eigenvalue weighted by Gasteiger charge is -2.23. The Hall–Kier alpha value is -0.610. The summed E-state index contributed by atoms with van der Waals surface area (Å²) in [5.74, 6) is 0.877. The van der Waals surface area contributed by atoms with Gasteiger partial charge in [0.05, 0.1) is 12.0 Å². The van der Waals surface area contributed by atoms with Crippen molar-refractivity contribution >= 4 is 5.91 Å². The lowest BCUT2D eigenvalue weighted by Crippen LogP contribution is -2.41. The fourth-order valence-electron chi connectivity index (χ4n) is 2.92. The van der Waals surface area contributed by atoms with Crippen LogP contribution in [0.25, 0.3) is 0 Å². The molecule has 1 aliphatic carbocycles. The monoisotopic (exact) mass is 254 g/mol. The summed E-state index contributed by atoms with van der Waals surface area (Å²) < 4.78 is 5.81. The van der Waals surface area contributed by atoms with Crippen molar-refractivity contribution in [2.24, 2.45) is 17.6 Å². The van der Waals surface area contributed by atoms with Crippen LogP contribution in [0, 0.1) is 11.8 Å². The average Bonchev–Trinajstić information content (AvgIpc) is 2.94. The molecule has 0 aromatic heterocycles. The first kappa shape index (κ1) is 13.8. The van der Waals surface area contributed by atoms with Crippen LogP contribution in [0.3, 0.4) is 0 Å². The summed E-state index contributed by atoms with van der Waals surface area (Å²) in [5, 5.41) is 0. The molecule has 0 spiro atoms. The largest absolute Gasteiger partial charge is 0.376 e. The van der Waals surface area contributed by atoms with Crippen LogP contribution in [0.15, 0.2) is 0 Å². The van der Waals surface area contributed by atoms with E-state index in [0.717, 1.165) is 45.4 Å². The number of hydrogen-bond donors (Lipinski definition) is 1. The van der Waals surface area contributed by atoms with Crippen molar-refractivity contribution in [1.29, 1.82) is 0 Å². The maximum atomic E-state index is 12.3. The van der Waals surface area contributed by atoms with E-state index in [2.05, 4.69) is 13.8 Å². The van der Waals surface area contributed by atoms with Crippen LogP contribution >= 0.6 is 0 Å². The molecule has 1 aliphatic heterocycles. The summed E-state index contributed by atoms with van der Waals surface area (Å²) >= 11 is 0. The zero-order valence-corrected chi connectivity index (χ0v) is 11.6. The van der Waals surface area contributed by atoms with Crippen molar-refractivity contribution in [2.45, 2.75) is 51.7 Å². The van der Waals surface area contributed by atoms with Crippen LogP contribution in [0.2, 0.25) is 0 Å². The number of rotatable bonds is 4. The van der Waals surface area contributed by atoms with Gasteiger partial charge in [0.25, 0.3) is 0 Å². The summed E-state index contributed by atoms with van der Waals surface area (Å²) in [6, 6.07) is 0.0770. The molecule has 0 unspecified atom stereocenters. The Kier molecular flexibility index (Phi) is 4.62. The van der Waals surface area contributed by atoms with Crippen molar-refractivity contribution in [3.05, 3.63) is 0 Å². The van der Waals surface area contributed by atoms with E-state index in [1.807, 2.05) is 4.90 Å². The number of hydrogen-bond acceptors (Lipinski definition) is 3. The van der Waals surface area contributed by atoms with Gasteiger partial charge in [-0.15, -0.1) is 0 Å². The van der Waals surface area contributed by atoms with Gasteiger partial charge in [-0.2, -0.15) is 0 Å². The van der Waals surface area contributed by atoms with Gasteiger partial charge in [-0.3, -0.25) is 4.79 Å². The van der Waals surface area contributed by atoms with Crippen LogP contribution in [0.4, 0.5) is 0 Å². The van der Waals surface area contributed by atoms with Crippen LogP contribution < -0.4 is 5.73 Å². The molecule has 0 bridgehead atoms. The number of carbonyl (C=O) groups is 1. The van der Waals surface area contributed by atoms with E-state index >= 15 is 0 Å². The molecule has 1 amide bonds. The third kappa shape index (κ3) is 3.23. The number of ether oxygens (including phenoxy) is 1. The molecule has 1 saturated carbocycles. The highest BCUT2D eigenvalue weighted by Crippen LogP contribution is 2.27. The van der Waals surface area contributed by atoms with Gasteiger partial charge < -0.3 is 15.4 Å². The second-order valence-electron chi connectivity index (χ2n) is 6.12. The lowest BCUT2D eigenvalue weighted by atomic mass is 10.0. The fraction of sp³-hybridized carbons (Fsp3) is 0.929. The molecule has 2 rings (SSSR count). The topological polar surface area (TPSA) is 55.6 Å². The smallest absolute Gasteiger partial charge is 0.227 e. The van der Waals surface area contributed by atoms with Gasteiger partial charge >= 0.3 is 0 Å². The number of nitrogens with zero attached hydrogens (tertiary/aromatic N) is 1. The van der Waals surface area contributed by atoms with Gasteiger partial charge in [-0.05, 0) is 25.2 Å². The Morgan fingerprint density at radius 3 is 2.78 bits per heavy atom. The molecule has 2 aliphatic rings. The molecule has 4 heteroatoms. The summed E-state index contributed by atoms with van der Waals surface area (Å²) in [6.45, 7) is 6.68. The first-order chi connectivity index (χ1) is 8.58. The molecule has 0 aromatic carbocycles. The minimum Gasteiger partial charge on any atom is -0.376 e. The highest BCUT2D eigenvalue weighted by atomic mass is 16.5. The highest BCUT2D eigenvalue weighted by molar-refractivity contribution is 5.80. The first-order valence-electron chi connectivity index (χ1n) is 7.24. The van der Waals surface area contributed by atoms with E-state index in [1.165, 1.54) is 0 Å². The Bertz CT molecular complexity index is 294. The van der Waals surface area contributed by atoms with Crippen molar-refractivity contribution in [1.82, 2.24) is 4.90 Å². The molecule has 104 valence electrons. The quantitative estimate of drug-likeness (QED) is 0.825. The van der Waals surface area contributed by atoms with E-state index < -0.39 is 0 Å². The van der Waals surface area contributed by atoms with Crippen molar-refractivity contribution in [3.8, 4) is 0 Å². The molecular formula is C14H26N2O2. The molecule has 0 aromatic rings. The van der Waals surface area contributed by atoms with Crippen molar-refractivity contribution in [3.63, 3.8) is 0 Å². The van der Waals surface area contributed by atoms with Gasteiger partial charge in [0.2, 0.25) is 5.91 Å². The van der Waals surface area contributed by atoms with E-state index in [9.17, 15) is 4.79 Å². The third-order valence-corrected chi connectivity index (χ3v) is 4.01. The van der Waals surface area contributed by atoms with E-state index in [4.69, 9.17) is 10.5 Å². The van der Waals surface area contributed by atoms with Crippen LogP contribution in [-0.4, -0.2) is 42.6 Å². The Labute approximate surface area is 110 Å². The second kappa shape index (κ2) is 6.02. The van der Waals surface area contributed by atoms with Crippen molar-refractivity contribution < 1.29 is 9.53 Å². The standard InChI is InChI=1S/C14H26N2O2/c1-10(2)9-18-11-6-7-16(8-11)14(17)12-4-3-5-13(12)15/h10-13H,3-9,15H2,1-2H3/t11-,12+,13-/m1/s1. The molecule has 1 saturated heterocycles. The normalized spacial score (nSPS) is 32.4. The van der Waals surface area contributed by atoms with Crippen molar-refractivity contribution in [2.75, 3.05) is 19.7 Å². The van der Waals surface area contributed by atoms with Gasteiger partial charge in [0, 0.05) is 25.7 Å². The number of amides is 1. The Morgan fingerprint density at radius 1 is 1.39 bits per heavy atom. The third-order valence-electron chi connectivity index (χ3n) is 4.01. The minimum absolute atomic E-state index is 0.0637. The fourth-order valence-corrected chi connectivity index (χ4v) is 2.92. The van der Waals surface area contributed by atoms with E-state index in [-0.39, 0.29) is 24.0 Å². The Balaban J connectivity index is 1.79. The summed E-state index contributed by atoms with van der Waals surface area (Å²) in [4.78, 5) is 14.3. The van der Waals surface area contributed by atoms with Crippen LogP contribution in [0.5, 0.6) is 0 Å². The lowest BCUT2D eigenvalue weighted by molar-refractivity contribution is -0.135. The van der Waals surface area contributed by atoms with Gasteiger partial charge in [0.15, 0.2) is 0 Å². The molecule has 2 fully saturated rings. The number of nitrogens with two attached hydrogens (primary N) is 1. The average molecular weight is 254 g/mol. The zero-order chi connectivity index (χ0) is 13.1. The predicted octanol–water partition coefficient (Wildman–Crippen LogP) is 1.39. The van der Waals surface area contributed by atoms with Gasteiger partial charge in [-0.25, -0.2) is 0 Å². The predicted molar refractivity (Wildman–Crippen MR) is 71.1 cm³/mol. The minimum atomic E-state index is 0.0637. The second-order valence-corrected chi connectivity index (χ2v) is 6.12. The van der Waals surface area contributed by atoms with Gasteiger partial charge in [-0.1, -0.05) is 20.3 Å².